The lowest BCUT2D eigenvalue weighted by atomic mass is 10.1. The highest BCUT2D eigenvalue weighted by Gasteiger charge is 2.03. The lowest BCUT2D eigenvalue weighted by Gasteiger charge is -2.02. The van der Waals surface area contributed by atoms with Gasteiger partial charge in [0.05, 0.1) is 13.0 Å². The van der Waals surface area contributed by atoms with Crippen molar-refractivity contribution in [1.29, 1.82) is 0 Å². The van der Waals surface area contributed by atoms with Gasteiger partial charge in [-0.25, -0.2) is 4.39 Å². The smallest absolute Gasteiger partial charge is 0.309 e. The van der Waals surface area contributed by atoms with Crippen LogP contribution in [0, 0.1) is 12.7 Å². The molecule has 0 amide bonds. The zero-order valence-corrected chi connectivity index (χ0v) is 10.6. The van der Waals surface area contributed by atoms with Crippen molar-refractivity contribution < 1.29 is 13.9 Å². The lowest BCUT2D eigenvalue weighted by Crippen LogP contribution is -2.01. The Hall–Kier alpha value is -1.35. The Kier molecular flexibility index (Phi) is 5.16. The largest absolute Gasteiger partial charge is 0.466 e. The zero-order valence-electron chi connectivity index (χ0n) is 9.80. The molecule has 0 N–H and O–H groups in total. The molecule has 4 heteroatoms. The highest BCUT2D eigenvalue weighted by molar-refractivity contribution is 6.31. The van der Waals surface area contributed by atoms with Crippen LogP contribution in [0.15, 0.2) is 18.2 Å². The van der Waals surface area contributed by atoms with Crippen molar-refractivity contribution in [1.82, 2.24) is 0 Å². The molecule has 0 saturated carbocycles. The summed E-state index contributed by atoms with van der Waals surface area (Å²) >= 11 is 5.77. The summed E-state index contributed by atoms with van der Waals surface area (Å²) in [5, 5.41) is 0.394. The zero-order chi connectivity index (χ0) is 12.8. The summed E-state index contributed by atoms with van der Waals surface area (Å²) in [6.07, 6.45) is 3.26. The van der Waals surface area contributed by atoms with Crippen molar-refractivity contribution in [2.45, 2.75) is 20.3 Å². The maximum atomic E-state index is 13.5. The van der Waals surface area contributed by atoms with Crippen molar-refractivity contribution in [2.75, 3.05) is 6.61 Å². The Labute approximate surface area is 105 Å². The maximum Gasteiger partial charge on any atom is 0.309 e. The summed E-state index contributed by atoms with van der Waals surface area (Å²) < 4.78 is 18.2. The van der Waals surface area contributed by atoms with Crippen LogP contribution in [0.1, 0.15) is 24.5 Å². The van der Waals surface area contributed by atoms with Crippen LogP contribution in [0.25, 0.3) is 6.08 Å². The van der Waals surface area contributed by atoms with Crippen LogP contribution < -0.4 is 0 Å². The number of halogens is 2. The number of esters is 1. The molecular formula is C13H14ClFO2. The molecule has 0 radical (unpaired) electrons. The van der Waals surface area contributed by atoms with Gasteiger partial charge in [0.15, 0.2) is 0 Å². The molecule has 2 nitrogen and oxygen atoms in total. The molecule has 17 heavy (non-hydrogen) atoms. The molecule has 0 bridgehead atoms. The second kappa shape index (κ2) is 6.40. The molecule has 0 fully saturated rings. The average Bonchev–Trinajstić information content (AvgIpc) is 2.26. The average molecular weight is 257 g/mol. The van der Waals surface area contributed by atoms with E-state index < -0.39 is 5.82 Å². The van der Waals surface area contributed by atoms with E-state index in [4.69, 9.17) is 16.3 Å². The molecule has 0 aliphatic carbocycles. The second-order valence-electron chi connectivity index (χ2n) is 3.53. The molecule has 0 heterocycles. The molecule has 1 aromatic carbocycles. The van der Waals surface area contributed by atoms with Crippen LogP contribution in [-0.4, -0.2) is 12.6 Å². The van der Waals surface area contributed by atoms with Crippen molar-refractivity contribution in [3.05, 3.63) is 40.2 Å². The van der Waals surface area contributed by atoms with Gasteiger partial charge in [0.2, 0.25) is 0 Å². The first kappa shape index (κ1) is 13.7. The first-order valence-electron chi connectivity index (χ1n) is 5.32. The van der Waals surface area contributed by atoms with E-state index in [-0.39, 0.29) is 12.4 Å². The minimum atomic E-state index is -0.402. The summed E-state index contributed by atoms with van der Waals surface area (Å²) in [7, 11) is 0. The first-order chi connectivity index (χ1) is 8.04. The summed E-state index contributed by atoms with van der Waals surface area (Å²) in [6, 6.07) is 2.90. The minimum absolute atomic E-state index is 0.134. The van der Waals surface area contributed by atoms with Crippen LogP contribution in [0.3, 0.4) is 0 Å². The number of hydrogen-bond donors (Lipinski definition) is 0. The Morgan fingerprint density at radius 2 is 2.24 bits per heavy atom. The van der Waals surface area contributed by atoms with E-state index in [2.05, 4.69) is 0 Å². The lowest BCUT2D eigenvalue weighted by molar-refractivity contribution is -0.142. The molecule has 0 spiro atoms. The molecule has 92 valence electrons. The molecule has 0 saturated heterocycles. The van der Waals surface area contributed by atoms with Gasteiger partial charge in [-0.3, -0.25) is 4.79 Å². The van der Waals surface area contributed by atoms with Gasteiger partial charge < -0.3 is 4.74 Å². The van der Waals surface area contributed by atoms with Crippen molar-refractivity contribution >= 4 is 23.6 Å². The predicted molar refractivity (Wildman–Crippen MR) is 66.4 cm³/mol. The highest BCUT2D eigenvalue weighted by Crippen LogP contribution is 2.20. The molecule has 0 atom stereocenters. The quantitative estimate of drug-likeness (QED) is 0.767. The van der Waals surface area contributed by atoms with Gasteiger partial charge in [-0.15, -0.1) is 0 Å². The highest BCUT2D eigenvalue weighted by atomic mass is 35.5. The van der Waals surface area contributed by atoms with Crippen LogP contribution in [-0.2, 0) is 9.53 Å². The summed E-state index contributed by atoms with van der Waals surface area (Å²) in [4.78, 5) is 11.1. The molecule has 0 aliphatic heterocycles. The topological polar surface area (TPSA) is 26.3 Å². The van der Waals surface area contributed by atoms with E-state index in [9.17, 15) is 9.18 Å². The van der Waals surface area contributed by atoms with Gasteiger partial charge in [-0.1, -0.05) is 23.8 Å². The van der Waals surface area contributed by atoms with Crippen LogP contribution in [0.2, 0.25) is 5.02 Å². The third-order valence-electron chi connectivity index (χ3n) is 2.17. The normalized spacial score (nSPS) is 10.8. The predicted octanol–water partition coefficient (Wildman–Crippen LogP) is 3.75. The summed E-state index contributed by atoms with van der Waals surface area (Å²) in [5.74, 6) is -0.726. The SMILES string of the molecule is CCOC(=O)CC=Cc1cc(C)c(Cl)cc1F. The molecule has 0 aliphatic rings. The number of hydrogen-bond acceptors (Lipinski definition) is 2. The van der Waals surface area contributed by atoms with E-state index in [0.717, 1.165) is 5.56 Å². The Morgan fingerprint density at radius 1 is 1.53 bits per heavy atom. The third kappa shape index (κ3) is 4.19. The van der Waals surface area contributed by atoms with Gasteiger partial charge in [0.25, 0.3) is 0 Å². The van der Waals surface area contributed by atoms with E-state index in [1.165, 1.54) is 6.07 Å². The number of carbonyl (C=O) groups excluding carboxylic acids is 1. The molecule has 0 unspecified atom stereocenters. The number of ether oxygens (including phenoxy) is 1. The van der Waals surface area contributed by atoms with Crippen molar-refractivity contribution in [2.24, 2.45) is 0 Å². The Bertz CT molecular complexity index is 441. The minimum Gasteiger partial charge on any atom is -0.466 e. The fourth-order valence-electron chi connectivity index (χ4n) is 1.31. The first-order valence-corrected chi connectivity index (χ1v) is 5.70. The van der Waals surface area contributed by atoms with Gasteiger partial charge in [0, 0.05) is 10.6 Å². The number of aryl methyl sites for hydroxylation is 1. The van der Waals surface area contributed by atoms with Crippen molar-refractivity contribution in [3.8, 4) is 0 Å². The van der Waals surface area contributed by atoms with Gasteiger partial charge in [-0.2, -0.15) is 0 Å². The van der Waals surface area contributed by atoms with Crippen molar-refractivity contribution in [3.63, 3.8) is 0 Å². The number of carbonyl (C=O) groups is 1. The fourth-order valence-corrected chi connectivity index (χ4v) is 1.46. The van der Waals surface area contributed by atoms with Crippen LogP contribution in [0.4, 0.5) is 4.39 Å². The Morgan fingerprint density at radius 3 is 2.88 bits per heavy atom. The van der Waals surface area contributed by atoms with E-state index >= 15 is 0 Å². The fraction of sp³-hybridized carbons (Fsp3) is 0.308. The monoisotopic (exact) mass is 256 g/mol. The van der Waals surface area contributed by atoms with Crippen LogP contribution in [0.5, 0.6) is 0 Å². The second-order valence-corrected chi connectivity index (χ2v) is 3.94. The molecule has 1 aromatic rings. The Balaban J connectivity index is 2.71. The number of rotatable bonds is 4. The molecule has 1 rings (SSSR count). The molecule has 0 aromatic heterocycles. The number of benzene rings is 1. The summed E-state index contributed by atoms with van der Waals surface area (Å²) in [5.41, 5.74) is 1.21. The maximum absolute atomic E-state index is 13.5. The third-order valence-corrected chi connectivity index (χ3v) is 2.57. The van der Waals surface area contributed by atoms with Gasteiger partial charge in [0.1, 0.15) is 5.82 Å². The standard InChI is InChI=1S/C13H14ClFO2/c1-3-17-13(16)6-4-5-10-7-9(2)11(14)8-12(10)15/h4-5,7-8H,3,6H2,1-2H3. The van der Waals surface area contributed by atoms with Gasteiger partial charge >= 0.3 is 5.97 Å². The molecular weight excluding hydrogens is 243 g/mol. The van der Waals surface area contributed by atoms with E-state index in [0.29, 0.717) is 17.2 Å². The summed E-state index contributed by atoms with van der Waals surface area (Å²) in [6.45, 7) is 3.88. The van der Waals surface area contributed by atoms with E-state index in [1.54, 1.807) is 32.1 Å². The van der Waals surface area contributed by atoms with Gasteiger partial charge in [-0.05, 0) is 31.5 Å². The van der Waals surface area contributed by atoms with Crippen LogP contribution >= 0.6 is 11.6 Å². The van der Waals surface area contributed by atoms with E-state index in [1.807, 2.05) is 0 Å².